The second kappa shape index (κ2) is 9.74. The molecule has 2 aromatic rings. The van der Waals surface area contributed by atoms with Crippen LogP contribution in [0, 0.1) is 0 Å². The van der Waals surface area contributed by atoms with Crippen molar-refractivity contribution in [1.82, 2.24) is 9.47 Å². The summed E-state index contributed by atoms with van der Waals surface area (Å²) in [6, 6.07) is 10.7. The second-order valence-corrected chi connectivity index (χ2v) is 12.3. The lowest BCUT2D eigenvalue weighted by Gasteiger charge is -2.32. The number of fused-ring (bicyclic) bond motifs is 1. The Kier molecular flexibility index (Phi) is 6.91. The van der Waals surface area contributed by atoms with Crippen molar-refractivity contribution in [3.8, 4) is 5.69 Å². The molecular weight excluding hydrogens is 528 g/mol. The molecule has 2 unspecified atom stereocenters. The van der Waals surface area contributed by atoms with Gasteiger partial charge in [0.05, 0.1) is 28.4 Å². The van der Waals surface area contributed by atoms with Gasteiger partial charge in [-0.2, -0.15) is 0 Å². The SMILES string of the molecule is O=C(N1CCC[C@@H]1COC1CCCCO1)C1(Br)Cc2ccc(=O)n(-c3ccccc3Cl)c2S1. The lowest BCUT2D eigenvalue weighted by molar-refractivity contribution is -0.171. The molecule has 0 saturated carbocycles. The number of benzene rings is 1. The van der Waals surface area contributed by atoms with Crippen LogP contribution in [-0.2, 0) is 20.7 Å². The lowest BCUT2D eigenvalue weighted by Crippen LogP contribution is -2.47. The van der Waals surface area contributed by atoms with E-state index >= 15 is 0 Å². The van der Waals surface area contributed by atoms with Crippen LogP contribution >= 0.6 is 39.3 Å². The van der Waals surface area contributed by atoms with Crippen LogP contribution in [0.5, 0.6) is 0 Å². The number of ether oxygens (including phenoxy) is 2. The van der Waals surface area contributed by atoms with Gasteiger partial charge in [-0.15, -0.1) is 0 Å². The quantitative estimate of drug-likeness (QED) is 0.500. The molecule has 4 heterocycles. The van der Waals surface area contributed by atoms with Crippen molar-refractivity contribution < 1.29 is 14.3 Å². The molecule has 5 rings (SSSR count). The topological polar surface area (TPSA) is 60.8 Å². The summed E-state index contributed by atoms with van der Waals surface area (Å²) in [5, 5.41) is 1.25. The standard InChI is InChI=1S/C24H26BrClN2O4S/c25-24(23(30)27-12-5-6-17(27)15-32-21-9-3-4-13-31-21)14-16-10-11-20(29)28(22(16)33-24)19-8-2-1-7-18(19)26/h1-2,7-8,10-11,17,21H,3-6,9,12-15H2/t17-,21?,24?/m1/s1. The molecule has 0 bridgehead atoms. The van der Waals surface area contributed by atoms with Crippen LogP contribution in [0.3, 0.4) is 0 Å². The number of hydrogen-bond acceptors (Lipinski definition) is 5. The highest BCUT2D eigenvalue weighted by Crippen LogP contribution is 2.51. The molecule has 3 aliphatic rings. The number of alkyl halides is 1. The predicted molar refractivity (Wildman–Crippen MR) is 133 cm³/mol. The minimum absolute atomic E-state index is 0.0255. The molecule has 9 heteroatoms. The summed E-state index contributed by atoms with van der Waals surface area (Å²) >= 11 is 11.6. The van der Waals surface area contributed by atoms with Gasteiger partial charge in [-0.05, 0) is 49.8 Å². The van der Waals surface area contributed by atoms with Gasteiger partial charge in [-0.25, -0.2) is 0 Å². The molecule has 2 fully saturated rings. The van der Waals surface area contributed by atoms with Crippen molar-refractivity contribution >= 4 is 45.2 Å². The Hall–Kier alpha value is -1.32. The number of rotatable bonds is 5. The first-order chi connectivity index (χ1) is 16.0. The van der Waals surface area contributed by atoms with Crippen LogP contribution in [0.25, 0.3) is 5.69 Å². The Balaban J connectivity index is 1.36. The summed E-state index contributed by atoms with van der Waals surface area (Å²) in [6.45, 7) is 1.94. The monoisotopic (exact) mass is 552 g/mol. The molecule has 176 valence electrons. The smallest absolute Gasteiger partial charge is 0.256 e. The number of aromatic nitrogens is 1. The number of likely N-dealkylation sites (tertiary alicyclic amines) is 1. The van der Waals surface area contributed by atoms with Gasteiger partial charge < -0.3 is 14.4 Å². The maximum Gasteiger partial charge on any atom is 0.256 e. The fourth-order valence-electron chi connectivity index (χ4n) is 4.77. The third kappa shape index (κ3) is 4.65. The number of para-hydroxylation sites is 1. The predicted octanol–water partition coefficient (Wildman–Crippen LogP) is 4.76. The largest absolute Gasteiger partial charge is 0.353 e. The number of thioether (sulfide) groups is 1. The lowest BCUT2D eigenvalue weighted by atomic mass is 10.1. The first-order valence-corrected chi connectivity index (χ1v) is 13.4. The molecule has 6 nitrogen and oxygen atoms in total. The van der Waals surface area contributed by atoms with Crippen molar-refractivity contribution in [3.05, 3.63) is 57.3 Å². The van der Waals surface area contributed by atoms with Crippen molar-refractivity contribution in [2.45, 2.75) is 59.5 Å². The molecule has 33 heavy (non-hydrogen) atoms. The summed E-state index contributed by atoms with van der Waals surface area (Å²) in [5.74, 6) is 0.0255. The van der Waals surface area contributed by atoms with Crippen LogP contribution < -0.4 is 5.56 Å². The van der Waals surface area contributed by atoms with E-state index in [-0.39, 0.29) is 23.8 Å². The number of pyridine rings is 1. The Morgan fingerprint density at radius 3 is 2.85 bits per heavy atom. The Morgan fingerprint density at radius 1 is 1.21 bits per heavy atom. The summed E-state index contributed by atoms with van der Waals surface area (Å²) in [7, 11) is 0. The van der Waals surface area contributed by atoms with E-state index in [2.05, 4.69) is 15.9 Å². The zero-order valence-corrected chi connectivity index (χ0v) is 21.3. The van der Waals surface area contributed by atoms with Gasteiger partial charge in [-0.1, -0.05) is 57.5 Å². The molecule has 1 aromatic carbocycles. The number of halogens is 2. The van der Waals surface area contributed by atoms with E-state index in [9.17, 15) is 9.59 Å². The Bertz CT molecular complexity index is 1110. The number of amides is 1. The highest BCUT2D eigenvalue weighted by molar-refractivity contribution is 9.12. The number of carbonyl (C=O) groups is 1. The second-order valence-electron chi connectivity index (χ2n) is 8.72. The van der Waals surface area contributed by atoms with Crippen LogP contribution in [0.2, 0.25) is 5.02 Å². The minimum Gasteiger partial charge on any atom is -0.353 e. The van der Waals surface area contributed by atoms with Crippen molar-refractivity contribution in [1.29, 1.82) is 0 Å². The van der Waals surface area contributed by atoms with Gasteiger partial charge in [0.1, 0.15) is 0 Å². The van der Waals surface area contributed by atoms with E-state index in [4.69, 9.17) is 21.1 Å². The average molecular weight is 554 g/mol. The van der Waals surface area contributed by atoms with Gasteiger partial charge in [0, 0.05) is 25.6 Å². The molecule has 2 saturated heterocycles. The molecule has 0 spiro atoms. The summed E-state index contributed by atoms with van der Waals surface area (Å²) in [5.41, 5.74) is 1.41. The van der Waals surface area contributed by atoms with Gasteiger partial charge in [0.25, 0.3) is 11.5 Å². The normalized spacial score (nSPS) is 27.0. The van der Waals surface area contributed by atoms with Crippen molar-refractivity contribution in [2.75, 3.05) is 19.8 Å². The summed E-state index contributed by atoms with van der Waals surface area (Å²) < 4.78 is 12.5. The zero-order valence-electron chi connectivity index (χ0n) is 18.2. The zero-order chi connectivity index (χ0) is 23.0. The van der Waals surface area contributed by atoms with E-state index in [1.165, 1.54) is 11.8 Å². The van der Waals surface area contributed by atoms with Gasteiger partial charge >= 0.3 is 0 Å². The minimum atomic E-state index is -0.865. The number of nitrogens with zero attached hydrogens (tertiary/aromatic N) is 2. The Labute approximate surface area is 210 Å². The maximum absolute atomic E-state index is 13.8. The first-order valence-electron chi connectivity index (χ1n) is 11.4. The van der Waals surface area contributed by atoms with E-state index in [0.717, 1.165) is 49.3 Å². The van der Waals surface area contributed by atoms with Crippen molar-refractivity contribution in [3.63, 3.8) is 0 Å². The van der Waals surface area contributed by atoms with Crippen LogP contribution in [0.1, 0.15) is 37.7 Å². The average Bonchev–Trinajstić information content (AvgIpc) is 3.43. The van der Waals surface area contributed by atoms with E-state index < -0.39 is 3.66 Å². The Morgan fingerprint density at radius 2 is 2.06 bits per heavy atom. The fraction of sp³-hybridized carbons (Fsp3) is 0.500. The number of hydrogen-bond donors (Lipinski definition) is 0. The molecule has 1 amide bonds. The highest BCUT2D eigenvalue weighted by atomic mass is 79.9. The molecule has 1 aromatic heterocycles. The van der Waals surface area contributed by atoms with E-state index in [1.54, 1.807) is 16.7 Å². The fourth-order valence-corrected chi connectivity index (χ4v) is 7.27. The molecule has 0 aliphatic carbocycles. The van der Waals surface area contributed by atoms with Gasteiger partial charge in [-0.3, -0.25) is 14.2 Å². The van der Waals surface area contributed by atoms with Crippen LogP contribution in [0.15, 0.2) is 46.2 Å². The highest BCUT2D eigenvalue weighted by Gasteiger charge is 2.48. The third-order valence-electron chi connectivity index (χ3n) is 6.46. The van der Waals surface area contributed by atoms with E-state index in [1.807, 2.05) is 29.2 Å². The molecule has 3 atom stereocenters. The summed E-state index contributed by atoms with van der Waals surface area (Å²) in [6.07, 6.45) is 5.31. The molecule has 0 radical (unpaired) electrons. The summed E-state index contributed by atoms with van der Waals surface area (Å²) in [4.78, 5) is 28.5. The molecule has 3 aliphatic heterocycles. The maximum atomic E-state index is 13.8. The third-order valence-corrected chi connectivity index (χ3v) is 9.17. The number of carbonyl (C=O) groups excluding carboxylic acids is 1. The van der Waals surface area contributed by atoms with E-state index in [0.29, 0.717) is 30.3 Å². The van der Waals surface area contributed by atoms with Crippen LogP contribution in [-0.4, -0.2) is 51.1 Å². The van der Waals surface area contributed by atoms with Crippen molar-refractivity contribution in [2.24, 2.45) is 0 Å². The first kappa shape index (κ1) is 23.4. The molecular formula is C24H26BrClN2O4S. The molecule has 0 N–H and O–H groups in total. The van der Waals surface area contributed by atoms with Gasteiger partial charge in [0.15, 0.2) is 9.95 Å². The van der Waals surface area contributed by atoms with Gasteiger partial charge in [0.2, 0.25) is 0 Å². The van der Waals surface area contributed by atoms with Crippen LogP contribution in [0.4, 0.5) is 0 Å².